The molecular formula is C23H22F3NO4. The second kappa shape index (κ2) is 9.78. The molecule has 0 unspecified atom stereocenters. The fourth-order valence-corrected chi connectivity index (χ4v) is 3.46. The van der Waals surface area contributed by atoms with Gasteiger partial charge in [0.15, 0.2) is 0 Å². The Morgan fingerprint density at radius 3 is 2.35 bits per heavy atom. The number of aliphatic hydroxyl groups is 1. The second-order valence-corrected chi connectivity index (χ2v) is 7.31. The number of nitrogens with zero attached hydrogens (tertiary/aromatic N) is 1. The predicted octanol–water partition coefficient (Wildman–Crippen LogP) is 4.22. The van der Waals surface area contributed by atoms with Crippen LogP contribution < -0.4 is 0 Å². The zero-order valence-corrected chi connectivity index (χ0v) is 16.5. The standard InChI is InChI=1S/C23H22F3NO4/c24-23(25,26)14-19(20(28)12-11-16-7-3-1-4-8-16)21(29)27-18(15-31-22(27)30)13-17-9-5-2-6-10-17/h1-12,18-20,28H,13-15H2/b12-11+/t18-,19-,20+/m0/s1. The quantitative estimate of drug-likeness (QED) is 0.710. The fraction of sp³-hybridized carbons (Fsp3) is 0.304. The van der Waals surface area contributed by atoms with Crippen molar-refractivity contribution in [1.29, 1.82) is 0 Å². The van der Waals surface area contributed by atoms with Gasteiger partial charge in [-0.2, -0.15) is 13.2 Å². The molecule has 0 spiro atoms. The Morgan fingerprint density at radius 1 is 1.13 bits per heavy atom. The van der Waals surface area contributed by atoms with Gasteiger partial charge in [0.1, 0.15) is 6.61 Å². The molecule has 1 heterocycles. The molecule has 0 radical (unpaired) electrons. The van der Waals surface area contributed by atoms with E-state index in [2.05, 4.69) is 0 Å². The lowest BCUT2D eigenvalue weighted by Gasteiger charge is -2.27. The third-order valence-corrected chi connectivity index (χ3v) is 4.98. The van der Waals surface area contributed by atoms with E-state index in [1.807, 2.05) is 0 Å². The maximum atomic E-state index is 13.2. The van der Waals surface area contributed by atoms with Gasteiger partial charge < -0.3 is 9.84 Å². The fourth-order valence-electron chi connectivity index (χ4n) is 3.46. The van der Waals surface area contributed by atoms with Gasteiger partial charge in [-0.15, -0.1) is 0 Å². The Labute approximate surface area is 177 Å². The number of imide groups is 1. The predicted molar refractivity (Wildman–Crippen MR) is 108 cm³/mol. The first kappa shape index (κ1) is 22.6. The van der Waals surface area contributed by atoms with Crippen LogP contribution in [-0.4, -0.2) is 46.9 Å². The van der Waals surface area contributed by atoms with E-state index in [1.54, 1.807) is 60.7 Å². The van der Waals surface area contributed by atoms with Gasteiger partial charge in [-0.3, -0.25) is 4.79 Å². The van der Waals surface area contributed by atoms with E-state index in [0.29, 0.717) is 10.5 Å². The van der Waals surface area contributed by atoms with E-state index in [-0.39, 0.29) is 13.0 Å². The topological polar surface area (TPSA) is 66.8 Å². The highest BCUT2D eigenvalue weighted by Crippen LogP contribution is 2.31. The van der Waals surface area contributed by atoms with Crippen LogP contribution in [0.4, 0.5) is 18.0 Å². The van der Waals surface area contributed by atoms with E-state index in [9.17, 15) is 27.9 Å². The molecule has 1 N–H and O–H groups in total. The molecule has 5 nitrogen and oxygen atoms in total. The van der Waals surface area contributed by atoms with Crippen molar-refractivity contribution in [3.63, 3.8) is 0 Å². The summed E-state index contributed by atoms with van der Waals surface area (Å²) in [6.07, 6.45) is -6.19. The maximum absolute atomic E-state index is 13.2. The molecule has 164 valence electrons. The van der Waals surface area contributed by atoms with Gasteiger partial charge in [-0.1, -0.05) is 72.8 Å². The number of rotatable bonds is 7. The zero-order chi connectivity index (χ0) is 22.4. The van der Waals surface area contributed by atoms with Gasteiger partial charge in [0.2, 0.25) is 5.91 Å². The molecule has 3 atom stereocenters. The minimum atomic E-state index is -4.71. The van der Waals surface area contributed by atoms with Gasteiger partial charge in [0.25, 0.3) is 0 Å². The Kier molecular flexibility index (Phi) is 7.12. The van der Waals surface area contributed by atoms with Crippen molar-refractivity contribution >= 4 is 18.1 Å². The van der Waals surface area contributed by atoms with E-state index in [4.69, 9.17) is 4.74 Å². The number of carbonyl (C=O) groups excluding carboxylic acids is 2. The number of ether oxygens (including phenoxy) is 1. The number of cyclic esters (lactones) is 1. The van der Waals surface area contributed by atoms with Crippen LogP contribution in [0.15, 0.2) is 66.7 Å². The summed E-state index contributed by atoms with van der Waals surface area (Å²) >= 11 is 0. The average Bonchev–Trinajstić information content (AvgIpc) is 3.10. The number of hydrogen-bond donors (Lipinski definition) is 1. The van der Waals surface area contributed by atoms with Crippen LogP contribution in [0.25, 0.3) is 6.08 Å². The van der Waals surface area contributed by atoms with E-state index in [0.717, 1.165) is 11.6 Å². The molecule has 8 heteroatoms. The van der Waals surface area contributed by atoms with Gasteiger partial charge in [-0.25, -0.2) is 9.69 Å². The van der Waals surface area contributed by atoms with Crippen molar-refractivity contribution in [2.24, 2.45) is 5.92 Å². The average molecular weight is 433 g/mol. The first-order chi connectivity index (χ1) is 14.7. The van der Waals surface area contributed by atoms with Crippen LogP contribution in [0, 0.1) is 5.92 Å². The molecule has 2 amide bonds. The normalized spacial score (nSPS) is 18.8. The van der Waals surface area contributed by atoms with Crippen LogP contribution in [0.3, 0.4) is 0 Å². The smallest absolute Gasteiger partial charge is 0.416 e. The lowest BCUT2D eigenvalue weighted by molar-refractivity contribution is -0.164. The molecule has 1 aliphatic heterocycles. The molecular weight excluding hydrogens is 411 g/mol. The highest BCUT2D eigenvalue weighted by molar-refractivity contribution is 5.95. The maximum Gasteiger partial charge on any atom is 0.416 e. The monoisotopic (exact) mass is 433 g/mol. The first-order valence-corrected chi connectivity index (χ1v) is 9.76. The van der Waals surface area contributed by atoms with Gasteiger partial charge in [0, 0.05) is 0 Å². The first-order valence-electron chi connectivity index (χ1n) is 9.76. The number of amides is 2. The largest absolute Gasteiger partial charge is 0.447 e. The van der Waals surface area contributed by atoms with E-state index < -0.39 is 42.7 Å². The molecule has 2 aromatic rings. The van der Waals surface area contributed by atoms with Gasteiger partial charge >= 0.3 is 12.3 Å². The Bertz CT molecular complexity index is 915. The van der Waals surface area contributed by atoms with Crippen LogP contribution >= 0.6 is 0 Å². The van der Waals surface area contributed by atoms with E-state index in [1.165, 1.54) is 6.08 Å². The van der Waals surface area contributed by atoms with Crippen molar-refractivity contribution in [1.82, 2.24) is 4.90 Å². The highest BCUT2D eigenvalue weighted by atomic mass is 19.4. The molecule has 1 aliphatic rings. The molecule has 1 saturated heterocycles. The number of hydrogen-bond acceptors (Lipinski definition) is 4. The highest BCUT2D eigenvalue weighted by Gasteiger charge is 2.46. The summed E-state index contributed by atoms with van der Waals surface area (Å²) in [5, 5.41) is 10.4. The second-order valence-electron chi connectivity index (χ2n) is 7.31. The third-order valence-electron chi connectivity index (χ3n) is 4.98. The molecule has 0 saturated carbocycles. The summed E-state index contributed by atoms with van der Waals surface area (Å²) in [5.41, 5.74) is 1.46. The van der Waals surface area contributed by atoms with Crippen molar-refractivity contribution in [3.8, 4) is 0 Å². The summed E-state index contributed by atoms with van der Waals surface area (Å²) in [4.78, 5) is 25.9. The summed E-state index contributed by atoms with van der Waals surface area (Å²) < 4.78 is 44.5. The zero-order valence-electron chi connectivity index (χ0n) is 16.5. The number of benzene rings is 2. The van der Waals surface area contributed by atoms with Gasteiger partial charge in [-0.05, 0) is 17.5 Å². The lowest BCUT2D eigenvalue weighted by atomic mass is 9.94. The number of aliphatic hydroxyl groups excluding tert-OH is 1. The Hall–Kier alpha value is -3.13. The lowest BCUT2D eigenvalue weighted by Crippen LogP contribution is -2.47. The molecule has 0 aliphatic carbocycles. The van der Waals surface area contributed by atoms with Crippen molar-refractivity contribution in [2.45, 2.75) is 31.2 Å². The van der Waals surface area contributed by atoms with Crippen LogP contribution in [0.5, 0.6) is 0 Å². The summed E-state index contributed by atoms with van der Waals surface area (Å²) in [6, 6.07) is 16.8. The molecule has 0 bridgehead atoms. The van der Waals surface area contributed by atoms with Crippen molar-refractivity contribution < 1.29 is 32.6 Å². The number of halogens is 3. The molecule has 2 aromatic carbocycles. The van der Waals surface area contributed by atoms with E-state index >= 15 is 0 Å². The number of alkyl halides is 3. The van der Waals surface area contributed by atoms with Crippen LogP contribution in [0.1, 0.15) is 17.5 Å². The van der Waals surface area contributed by atoms with Crippen molar-refractivity contribution in [2.75, 3.05) is 6.61 Å². The Morgan fingerprint density at radius 2 is 1.74 bits per heavy atom. The third kappa shape index (κ3) is 6.18. The summed E-state index contributed by atoms with van der Waals surface area (Å²) in [5.74, 6) is -2.98. The summed E-state index contributed by atoms with van der Waals surface area (Å²) in [6.45, 7) is -0.117. The molecule has 3 rings (SSSR count). The van der Waals surface area contributed by atoms with Crippen LogP contribution in [0.2, 0.25) is 0 Å². The minimum Gasteiger partial charge on any atom is -0.447 e. The molecule has 0 aromatic heterocycles. The van der Waals surface area contributed by atoms with Crippen LogP contribution in [-0.2, 0) is 16.0 Å². The van der Waals surface area contributed by atoms with Gasteiger partial charge in [0.05, 0.1) is 24.5 Å². The van der Waals surface area contributed by atoms with Crippen molar-refractivity contribution in [3.05, 3.63) is 77.9 Å². The molecule has 31 heavy (non-hydrogen) atoms. The number of carbonyl (C=O) groups is 2. The Balaban J connectivity index is 1.82. The SMILES string of the molecule is O=C1OC[C@H](Cc2ccccc2)N1C(=O)[C@@H](CC(F)(F)F)[C@H](O)/C=C/c1ccccc1. The molecule has 1 fully saturated rings. The summed E-state index contributed by atoms with van der Waals surface area (Å²) in [7, 11) is 0. The minimum absolute atomic E-state index is 0.117.